The van der Waals surface area contributed by atoms with Crippen LogP contribution in [0.4, 0.5) is 0 Å². The molecule has 330 valence electrons. The molecule has 0 aliphatic heterocycles. The molecule has 72 heavy (non-hydrogen) atoms. The minimum absolute atomic E-state index is 0.628. The summed E-state index contributed by atoms with van der Waals surface area (Å²) in [7, 11) is 0. The Bertz CT molecular complexity index is 4270. The highest BCUT2D eigenvalue weighted by Crippen LogP contribution is 2.43. The van der Waals surface area contributed by atoms with Crippen molar-refractivity contribution in [3.63, 3.8) is 0 Å². The van der Waals surface area contributed by atoms with Crippen molar-refractivity contribution in [2.24, 2.45) is 0 Å². The van der Waals surface area contributed by atoms with E-state index in [0.717, 1.165) is 33.4 Å². The topological polar surface area (TPSA) is 38.7 Å². The summed E-state index contributed by atoms with van der Waals surface area (Å²) in [6.45, 7) is 0. The molecule has 3 nitrogen and oxygen atoms in total. The predicted molar refractivity (Wildman–Crippen MR) is 304 cm³/mol. The van der Waals surface area contributed by atoms with Crippen LogP contribution in [0.1, 0.15) is 0 Å². The van der Waals surface area contributed by atoms with Gasteiger partial charge < -0.3 is 0 Å². The maximum Gasteiger partial charge on any atom is 0.164 e. The number of hydrogen-bond acceptors (Lipinski definition) is 3. The Morgan fingerprint density at radius 3 is 0.639 bits per heavy atom. The fraction of sp³-hybridized carbons (Fsp3) is 0. The maximum atomic E-state index is 5.23. The van der Waals surface area contributed by atoms with Crippen molar-refractivity contribution in [3.05, 3.63) is 237 Å². The van der Waals surface area contributed by atoms with E-state index < -0.39 is 0 Å². The lowest BCUT2D eigenvalue weighted by Crippen LogP contribution is -2.00. The normalized spacial score (nSPS) is 12.2. The summed E-state index contributed by atoms with van der Waals surface area (Å²) in [5, 5.41) is 23.1. The van der Waals surface area contributed by atoms with Gasteiger partial charge in [0.25, 0.3) is 0 Å². The van der Waals surface area contributed by atoms with E-state index >= 15 is 0 Å². The number of aromatic nitrogens is 3. The van der Waals surface area contributed by atoms with Crippen LogP contribution in [0.5, 0.6) is 0 Å². The van der Waals surface area contributed by atoms with Gasteiger partial charge in [0.05, 0.1) is 0 Å². The first-order valence-electron chi connectivity index (χ1n) is 24.7. The third-order valence-electron chi connectivity index (χ3n) is 15.6. The van der Waals surface area contributed by atoms with Crippen LogP contribution in [0, 0.1) is 0 Å². The van der Waals surface area contributed by atoms with E-state index in [9.17, 15) is 0 Å². The first-order chi connectivity index (χ1) is 35.6. The van der Waals surface area contributed by atoms with Crippen LogP contribution >= 0.6 is 0 Å². The molecular formula is C69H39N3. The van der Waals surface area contributed by atoms with Gasteiger partial charge in [-0.15, -0.1) is 0 Å². The molecule has 0 bridgehead atoms. The van der Waals surface area contributed by atoms with Gasteiger partial charge in [-0.05, 0) is 130 Å². The van der Waals surface area contributed by atoms with E-state index in [1.807, 2.05) is 0 Å². The smallest absolute Gasteiger partial charge is 0.164 e. The molecule has 15 aromatic carbocycles. The SMILES string of the molecule is c1cc2ccc3ccc(-c4ccc(-c5nc(-c6ccc(-c7ccc8ccc9cccc%10ccc7c8c9%10)cc6)nc(-c6ccc(-c7ccc8ccc9cccc%10ccc7c8c9%10)cc6)n5)cc4)c4ccc(c1)c2c34. The number of rotatable bonds is 6. The predicted octanol–water partition coefficient (Wildman–Crippen LogP) is 18.6. The van der Waals surface area contributed by atoms with E-state index in [0.29, 0.717) is 17.5 Å². The summed E-state index contributed by atoms with van der Waals surface area (Å²) in [5.74, 6) is 1.89. The lowest BCUT2D eigenvalue weighted by atomic mass is 9.89. The fourth-order valence-corrected chi connectivity index (χ4v) is 12.1. The van der Waals surface area contributed by atoms with Crippen molar-refractivity contribution < 1.29 is 0 Å². The van der Waals surface area contributed by atoms with E-state index in [-0.39, 0.29) is 0 Å². The van der Waals surface area contributed by atoms with E-state index in [4.69, 9.17) is 15.0 Å². The molecule has 0 atom stereocenters. The minimum Gasteiger partial charge on any atom is -0.208 e. The summed E-state index contributed by atoms with van der Waals surface area (Å²) in [6, 6.07) is 86.5. The van der Waals surface area contributed by atoms with Crippen molar-refractivity contribution in [2.45, 2.75) is 0 Å². The van der Waals surface area contributed by atoms with Gasteiger partial charge in [0.2, 0.25) is 0 Å². The second kappa shape index (κ2) is 15.0. The maximum absolute atomic E-state index is 5.23. The lowest BCUT2D eigenvalue weighted by molar-refractivity contribution is 1.07. The van der Waals surface area contributed by atoms with Gasteiger partial charge >= 0.3 is 0 Å². The molecule has 0 fully saturated rings. The minimum atomic E-state index is 0.628. The summed E-state index contributed by atoms with van der Waals surface area (Å²) in [4.78, 5) is 15.7. The Balaban J connectivity index is 0.808. The van der Waals surface area contributed by atoms with E-state index in [1.54, 1.807) is 0 Å². The van der Waals surface area contributed by atoms with Gasteiger partial charge in [-0.2, -0.15) is 0 Å². The van der Waals surface area contributed by atoms with Crippen LogP contribution in [0.15, 0.2) is 237 Å². The van der Waals surface area contributed by atoms with Crippen molar-refractivity contribution in [2.75, 3.05) is 0 Å². The molecule has 0 spiro atoms. The lowest BCUT2D eigenvalue weighted by Gasteiger charge is -2.15. The summed E-state index contributed by atoms with van der Waals surface area (Å²) in [5.41, 5.74) is 9.85. The largest absolute Gasteiger partial charge is 0.208 e. The molecule has 0 N–H and O–H groups in total. The van der Waals surface area contributed by atoms with Gasteiger partial charge in [-0.25, -0.2) is 15.0 Å². The second-order valence-corrected chi connectivity index (χ2v) is 19.4. The Morgan fingerprint density at radius 2 is 0.375 bits per heavy atom. The third kappa shape index (κ3) is 5.82. The molecule has 0 aliphatic rings. The van der Waals surface area contributed by atoms with Crippen LogP contribution in [0.2, 0.25) is 0 Å². The zero-order valence-electron chi connectivity index (χ0n) is 38.9. The van der Waals surface area contributed by atoms with Crippen LogP contribution in [0.3, 0.4) is 0 Å². The fourth-order valence-electron chi connectivity index (χ4n) is 12.1. The van der Waals surface area contributed by atoms with E-state index in [1.165, 1.54) is 114 Å². The first-order valence-corrected chi connectivity index (χ1v) is 24.7. The summed E-state index contributed by atoms with van der Waals surface area (Å²) in [6.07, 6.45) is 0. The highest BCUT2D eigenvalue weighted by molar-refractivity contribution is 6.28. The molecule has 0 unspecified atom stereocenters. The van der Waals surface area contributed by atoms with Crippen molar-refractivity contribution >= 4 is 97.0 Å². The molecule has 0 radical (unpaired) electrons. The molecule has 0 amide bonds. The number of hydrogen-bond donors (Lipinski definition) is 0. The zero-order valence-corrected chi connectivity index (χ0v) is 38.9. The van der Waals surface area contributed by atoms with Crippen molar-refractivity contribution in [3.8, 4) is 67.5 Å². The number of nitrogens with zero attached hydrogens (tertiary/aromatic N) is 3. The molecule has 3 heteroatoms. The molecule has 0 aliphatic carbocycles. The first kappa shape index (κ1) is 39.3. The standard InChI is InChI=1S/C69H39N3/c1-4-43-16-19-49-28-34-55(58-37-31-46(7-1)61(43)64(49)58)40-10-22-52(23-11-40)67-70-68(53-24-12-41(13-25-53)56-35-29-50-20-17-44-5-2-8-47-32-38-59(56)65(50)62(44)47)72-69(71-67)54-26-14-42(15-27-54)57-36-30-51-21-18-45-6-3-9-48-33-39-60(57)66(51)63(45)48/h1-39H. The van der Waals surface area contributed by atoms with Crippen LogP contribution in [0.25, 0.3) is 164 Å². The van der Waals surface area contributed by atoms with Crippen LogP contribution in [-0.4, -0.2) is 15.0 Å². The quantitative estimate of drug-likeness (QED) is 0.156. The van der Waals surface area contributed by atoms with E-state index in [2.05, 4.69) is 237 Å². The molecule has 1 heterocycles. The average molecular weight is 910 g/mol. The van der Waals surface area contributed by atoms with Gasteiger partial charge in [-0.1, -0.05) is 237 Å². The Kier molecular flexibility index (Phi) is 8.17. The van der Waals surface area contributed by atoms with Crippen LogP contribution in [-0.2, 0) is 0 Å². The molecule has 0 saturated carbocycles. The van der Waals surface area contributed by atoms with Gasteiger partial charge in [-0.3, -0.25) is 0 Å². The highest BCUT2D eigenvalue weighted by Gasteiger charge is 2.18. The monoisotopic (exact) mass is 909 g/mol. The molecule has 16 aromatic rings. The van der Waals surface area contributed by atoms with Crippen molar-refractivity contribution in [1.29, 1.82) is 0 Å². The average Bonchev–Trinajstić information content (AvgIpc) is 3.45. The summed E-state index contributed by atoms with van der Waals surface area (Å²) >= 11 is 0. The van der Waals surface area contributed by atoms with Gasteiger partial charge in [0.1, 0.15) is 0 Å². The molecule has 16 rings (SSSR count). The molecular weight excluding hydrogens is 871 g/mol. The molecule has 1 aromatic heterocycles. The molecule has 0 saturated heterocycles. The van der Waals surface area contributed by atoms with Crippen molar-refractivity contribution in [1.82, 2.24) is 15.0 Å². The third-order valence-corrected chi connectivity index (χ3v) is 15.6. The zero-order chi connectivity index (χ0) is 47.0. The van der Waals surface area contributed by atoms with Crippen LogP contribution < -0.4 is 0 Å². The number of benzene rings is 15. The Hall–Kier alpha value is -9.57. The van der Waals surface area contributed by atoms with Gasteiger partial charge in [0.15, 0.2) is 17.5 Å². The van der Waals surface area contributed by atoms with Gasteiger partial charge in [0, 0.05) is 16.7 Å². The second-order valence-electron chi connectivity index (χ2n) is 19.4. The summed E-state index contributed by atoms with van der Waals surface area (Å²) < 4.78 is 0. The highest BCUT2D eigenvalue weighted by atomic mass is 15.0. The Morgan fingerprint density at radius 1 is 0.167 bits per heavy atom. The Labute approximate surface area is 414 Å².